The Labute approximate surface area is 179 Å². The summed E-state index contributed by atoms with van der Waals surface area (Å²) in [6, 6.07) is 6.16. The first-order valence-corrected chi connectivity index (χ1v) is 11.9. The van der Waals surface area contributed by atoms with E-state index >= 15 is 0 Å². The minimum atomic E-state index is -0.374. The number of aromatic nitrogens is 1. The zero-order valence-corrected chi connectivity index (χ0v) is 19.1. The van der Waals surface area contributed by atoms with Crippen LogP contribution in [0.1, 0.15) is 75.1 Å². The van der Waals surface area contributed by atoms with Crippen molar-refractivity contribution in [1.82, 2.24) is 4.98 Å². The highest BCUT2D eigenvalue weighted by atomic mass is 32.1. The van der Waals surface area contributed by atoms with Crippen LogP contribution >= 0.6 is 11.3 Å². The van der Waals surface area contributed by atoms with Gasteiger partial charge in [0.25, 0.3) is 5.91 Å². The molecule has 1 aromatic heterocycles. The van der Waals surface area contributed by atoms with Crippen molar-refractivity contribution in [3.63, 3.8) is 0 Å². The molecule has 0 bridgehead atoms. The molecule has 0 N–H and O–H groups in total. The molecule has 158 valence electrons. The number of aryl methyl sites for hydroxylation is 2. The van der Waals surface area contributed by atoms with Crippen molar-refractivity contribution in [2.45, 2.75) is 85.2 Å². The maximum absolute atomic E-state index is 13.0. The van der Waals surface area contributed by atoms with E-state index in [1.54, 1.807) is 11.3 Å². The summed E-state index contributed by atoms with van der Waals surface area (Å²) in [5.41, 5.74) is 2.96. The van der Waals surface area contributed by atoms with Crippen LogP contribution in [-0.2, 0) is 4.79 Å². The summed E-state index contributed by atoms with van der Waals surface area (Å²) in [6.07, 6.45) is 9.00. The van der Waals surface area contributed by atoms with Crippen LogP contribution in [0.2, 0.25) is 0 Å². The molecule has 2 aromatic rings. The average molecular weight is 415 g/mol. The lowest BCUT2D eigenvalue weighted by molar-refractivity contribution is -0.126. The molecule has 1 aliphatic rings. The van der Waals surface area contributed by atoms with Gasteiger partial charge in [0.1, 0.15) is 5.75 Å². The van der Waals surface area contributed by atoms with E-state index in [1.165, 1.54) is 43.4 Å². The molecule has 0 aliphatic carbocycles. The molecule has 5 heteroatoms. The first kappa shape index (κ1) is 21.8. The van der Waals surface area contributed by atoms with Crippen LogP contribution in [0.5, 0.6) is 5.75 Å². The SMILES string of the molecule is CCCCCCCCCN1C(=O)C(CC)Oc2ccc(-c3nc(C)sc3C)cc21. The van der Waals surface area contributed by atoms with Gasteiger partial charge in [0.2, 0.25) is 0 Å². The van der Waals surface area contributed by atoms with Gasteiger partial charge in [-0.15, -0.1) is 11.3 Å². The third-order valence-electron chi connectivity index (χ3n) is 5.59. The van der Waals surface area contributed by atoms with E-state index in [4.69, 9.17) is 4.74 Å². The fourth-order valence-electron chi connectivity index (χ4n) is 3.98. The van der Waals surface area contributed by atoms with Gasteiger partial charge >= 0.3 is 0 Å². The van der Waals surface area contributed by atoms with Crippen molar-refractivity contribution >= 4 is 22.9 Å². The molecule has 3 rings (SSSR count). The Hall–Kier alpha value is -1.88. The smallest absolute Gasteiger partial charge is 0.268 e. The van der Waals surface area contributed by atoms with Gasteiger partial charge < -0.3 is 9.64 Å². The number of benzene rings is 1. The van der Waals surface area contributed by atoms with E-state index in [-0.39, 0.29) is 12.0 Å². The average Bonchev–Trinajstić information content (AvgIpc) is 3.06. The topological polar surface area (TPSA) is 42.4 Å². The van der Waals surface area contributed by atoms with Gasteiger partial charge in [-0.25, -0.2) is 4.98 Å². The number of carbonyl (C=O) groups excluding carboxylic acids is 1. The first-order valence-electron chi connectivity index (χ1n) is 11.1. The van der Waals surface area contributed by atoms with Crippen LogP contribution in [0.25, 0.3) is 11.3 Å². The predicted octanol–water partition coefficient (Wildman–Crippen LogP) is 6.68. The Bertz CT molecular complexity index is 830. The molecule has 1 aliphatic heterocycles. The minimum Gasteiger partial charge on any atom is -0.478 e. The zero-order valence-electron chi connectivity index (χ0n) is 18.3. The van der Waals surface area contributed by atoms with E-state index in [0.29, 0.717) is 6.42 Å². The normalized spacial score (nSPS) is 16.1. The molecular weight excluding hydrogens is 380 g/mol. The third-order valence-corrected chi connectivity index (χ3v) is 6.48. The summed E-state index contributed by atoms with van der Waals surface area (Å²) in [4.78, 5) is 20.9. The molecule has 0 fully saturated rings. The number of ether oxygens (including phenoxy) is 1. The second kappa shape index (κ2) is 10.2. The van der Waals surface area contributed by atoms with Gasteiger partial charge in [0, 0.05) is 17.0 Å². The lowest BCUT2D eigenvalue weighted by Gasteiger charge is -2.34. The Morgan fingerprint density at radius 1 is 1.07 bits per heavy atom. The summed E-state index contributed by atoms with van der Waals surface area (Å²) in [6.45, 7) is 9.15. The predicted molar refractivity (Wildman–Crippen MR) is 122 cm³/mol. The molecule has 1 unspecified atom stereocenters. The zero-order chi connectivity index (χ0) is 20.8. The van der Waals surface area contributed by atoms with E-state index < -0.39 is 0 Å². The Balaban J connectivity index is 1.76. The second-order valence-corrected chi connectivity index (χ2v) is 9.35. The second-order valence-electron chi connectivity index (χ2n) is 7.95. The number of rotatable bonds is 10. The van der Waals surface area contributed by atoms with Gasteiger partial charge in [0.15, 0.2) is 6.10 Å². The van der Waals surface area contributed by atoms with Crippen molar-refractivity contribution in [2.24, 2.45) is 0 Å². The van der Waals surface area contributed by atoms with Crippen LogP contribution in [0.4, 0.5) is 5.69 Å². The molecular formula is C24H34N2O2S. The van der Waals surface area contributed by atoms with E-state index in [1.807, 2.05) is 24.8 Å². The van der Waals surface area contributed by atoms with Crippen LogP contribution < -0.4 is 9.64 Å². The maximum Gasteiger partial charge on any atom is 0.268 e. The van der Waals surface area contributed by atoms with Crippen LogP contribution in [0, 0.1) is 13.8 Å². The number of unbranched alkanes of at least 4 members (excludes halogenated alkanes) is 6. The number of anilines is 1. The Morgan fingerprint density at radius 2 is 1.79 bits per heavy atom. The van der Waals surface area contributed by atoms with Crippen molar-refractivity contribution in [1.29, 1.82) is 0 Å². The largest absolute Gasteiger partial charge is 0.478 e. The maximum atomic E-state index is 13.0. The lowest BCUT2D eigenvalue weighted by Crippen LogP contribution is -2.46. The number of carbonyl (C=O) groups is 1. The Morgan fingerprint density at radius 3 is 2.45 bits per heavy atom. The molecule has 0 radical (unpaired) electrons. The highest BCUT2D eigenvalue weighted by Gasteiger charge is 2.33. The van der Waals surface area contributed by atoms with Crippen molar-refractivity contribution in [2.75, 3.05) is 11.4 Å². The first-order chi connectivity index (χ1) is 14.0. The van der Waals surface area contributed by atoms with Gasteiger partial charge in [-0.2, -0.15) is 0 Å². The summed E-state index contributed by atoms with van der Waals surface area (Å²) >= 11 is 1.71. The van der Waals surface area contributed by atoms with Crippen molar-refractivity contribution in [3.05, 3.63) is 28.1 Å². The highest BCUT2D eigenvalue weighted by molar-refractivity contribution is 7.11. The quantitative estimate of drug-likeness (QED) is 0.407. The molecule has 0 saturated heterocycles. The fourth-order valence-corrected chi connectivity index (χ4v) is 4.82. The summed E-state index contributed by atoms with van der Waals surface area (Å²) in [5, 5.41) is 1.06. The van der Waals surface area contributed by atoms with Crippen LogP contribution in [0.3, 0.4) is 0 Å². The number of amides is 1. The summed E-state index contributed by atoms with van der Waals surface area (Å²) in [7, 11) is 0. The number of hydrogen-bond donors (Lipinski definition) is 0. The lowest BCUT2D eigenvalue weighted by atomic mass is 10.0. The standard InChI is InChI=1S/C24H34N2O2S/c1-5-7-8-9-10-11-12-15-26-20-16-19(23-17(3)29-18(4)25-23)13-14-22(20)28-21(6-2)24(26)27/h13-14,16,21H,5-12,15H2,1-4H3. The van der Waals surface area contributed by atoms with Crippen LogP contribution in [0.15, 0.2) is 18.2 Å². The molecule has 1 aromatic carbocycles. The fraction of sp³-hybridized carbons (Fsp3) is 0.583. The molecule has 0 spiro atoms. The van der Waals surface area contributed by atoms with Gasteiger partial charge in [-0.05, 0) is 44.9 Å². The molecule has 2 heterocycles. The number of hydrogen-bond acceptors (Lipinski definition) is 4. The van der Waals surface area contributed by atoms with Gasteiger partial charge in [0.05, 0.1) is 16.4 Å². The van der Waals surface area contributed by atoms with E-state index in [2.05, 4.69) is 31.0 Å². The molecule has 4 nitrogen and oxygen atoms in total. The summed E-state index contributed by atoms with van der Waals surface area (Å²) in [5.74, 6) is 0.905. The van der Waals surface area contributed by atoms with Crippen molar-refractivity contribution in [3.8, 4) is 17.0 Å². The number of thiazole rings is 1. The Kier molecular flexibility index (Phi) is 7.70. The van der Waals surface area contributed by atoms with Gasteiger partial charge in [-0.3, -0.25) is 4.79 Å². The van der Waals surface area contributed by atoms with Crippen molar-refractivity contribution < 1.29 is 9.53 Å². The molecule has 1 amide bonds. The third kappa shape index (κ3) is 5.19. The molecule has 1 atom stereocenters. The summed E-state index contributed by atoms with van der Waals surface area (Å²) < 4.78 is 6.01. The minimum absolute atomic E-state index is 0.0920. The van der Waals surface area contributed by atoms with E-state index in [0.717, 1.165) is 40.7 Å². The monoisotopic (exact) mass is 414 g/mol. The number of fused-ring (bicyclic) bond motifs is 1. The molecule has 29 heavy (non-hydrogen) atoms. The van der Waals surface area contributed by atoms with E-state index in [9.17, 15) is 4.79 Å². The van der Waals surface area contributed by atoms with Gasteiger partial charge in [-0.1, -0.05) is 52.4 Å². The van der Waals surface area contributed by atoms with Crippen LogP contribution in [-0.4, -0.2) is 23.5 Å². The molecule has 0 saturated carbocycles. The number of nitrogens with zero attached hydrogens (tertiary/aromatic N) is 2. The highest BCUT2D eigenvalue weighted by Crippen LogP contribution is 2.39.